The number of hydrogen-bond acceptors (Lipinski definition) is 3. The lowest BCUT2D eigenvalue weighted by atomic mass is 10.1. The molecule has 4 heteroatoms. The lowest BCUT2D eigenvalue weighted by molar-refractivity contribution is 0.102. The maximum absolute atomic E-state index is 12.6. The minimum Gasteiger partial charge on any atom is -0.378 e. The third kappa shape index (κ3) is 3.28. The van der Waals surface area contributed by atoms with Crippen LogP contribution in [0.3, 0.4) is 0 Å². The Morgan fingerprint density at radius 1 is 1.05 bits per heavy atom. The number of rotatable bonds is 3. The van der Waals surface area contributed by atoms with Crippen LogP contribution in [0.5, 0.6) is 0 Å². The molecule has 114 valence electrons. The van der Waals surface area contributed by atoms with Crippen molar-refractivity contribution in [3.8, 4) is 0 Å². The van der Waals surface area contributed by atoms with Crippen molar-refractivity contribution in [2.24, 2.45) is 0 Å². The molecule has 1 aliphatic rings. The number of amides is 1. The Morgan fingerprint density at radius 2 is 1.73 bits per heavy atom. The van der Waals surface area contributed by atoms with E-state index >= 15 is 0 Å². The zero-order chi connectivity index (χ0) is 15.4. The van der Waals surface area contributed by atoms with E-state index in [1.165, 1.54) is 5.56 Å². The lowest BCUT2D eigenvalue weighted by Gasteiger charge is -2.30. The highest BCUT2D eigenvalue weighted by Crippen LogP contribution is 2.22. The number of ether oxygens (including phenoxy) is 1. The summed E-state index contributed by atoms with van der Waals surface area (Å²) in [5.41, 5.74) is 3.65. The van der Waals surface area contributed by atoms with Crippen molar-refractivity contribution in [1.82, 2.24) is 0 Å². The fraction of sp³-hybridized carbons (Fsp3) is 0.278. The third-order valence-corrected chi connectivity index (χ3v) is 3.81. The maximum atomic E-state index is 12.6. The van der Waals surface area contributed by atoms with Crippen molar-refractivity contribution < 1.29 is 9.53 Å². The molecule has 0 saturated carbocycles. The van der Waals surface area contributed by atoms with Crippen molar-refractivity contribution in [2.75, 3.05) is 36.5 Å². The highest BCUT2D eigenvalue weighted by molar-refractivity contribution is 6.08. The summed E-state index contributed by atoms with van der Waals surface area (Å²) in [6.07, 6.45) is 0. The average Bonchev–Trinajstić information content (AvgIpc) is 2.58. The molecule has 1 saturated heterocycles. The summed E-state index contributed by atoms with van der Waals surface area (Å²) in [6.45, 7) is 5.06. The van der Waals surface area contributed by atoms with Crippen molar-refractivity contribution >= 4 is 17.3 Å². The number of nitrogens with zero attached hydrogens (tertiary/aromatic N) is 1. The Bertz CT molecular complexity index is 646. The topological polar surface area (TPSA) is 41.6 Å². The van der Waals surface area contributed by atoms with Crippen LogP contribution in [0.4, 0.5) is 11.4 Å². The maximum Gasteiger partial charge on any atom is 0.257 e. The van der Waals surface area contributed by atoms with E-state index < -0.39 is 0 Å². The number of hydrogen-bond donors (Lipinski definition) is 1. The largest absolute Gasteiger partial charge is 0.378 e. The molecule has 1 aliphatic heterocycles. The van der Waals surface area contributed by atoms with Crippen LogP contribution in [0.25, 0.3) is 0 Å². The second kappa shape index (κ2) is 6.62. The number of aryl methyl sites for hydroxylation is 1. The van der Waals surface area contributed by atoms with Gasteiger partial charge in [0.25, 0.3) is 5.91 Å². The molecule has 1 fully saturated rings. The third-order valence-electron chi connectivity index (χ3n) is 3.81. The van der Waals surface area contributed by atoms with E-state index in [1.807, 2.05) is 55.5 Å². The molecular weight excluding hydrogens is 276 g/mol. The fourth-order valence-electron chi connectivity index (χ4n) is 2.58. The van der Waals surface area contributed by atoms with Gasteiger partial charge in [0, 0.05) is 24.5 Å². The van der Waals surface area contributed by atoms with Gasteiger partial charge in [-0.25, -0.2) is 0 Å². The number of para-hydroxylation sites is 1. The molecule has 2 aromatic rings. The van der Waals surface area contributed by atoms with Crippen LogP contribution in [0, 0.1) is 6.92 Å². The number of morpholine rings is 1. The molecule has 1 heterocycles. The first-order valence-corrected chi connectivity index (χ1v) is 7.54. The van der Waals surface area contributed by atoms with Crippen LogP contribution in [0.2, 0.25) is 0 Å². The van der Waals surface area contributed by atoms with Crippen LogP contribution in [-0.2, 0) is 4.74 Å². The molecule has 0 radical (unpaired) electrons. The first-order chi connectivity index (χ1) is 10.7. The van der Waals surface area contributed by atoms with Gasteiger partial charge in [0.1, 0.15) is 0 Å². The molecule has 4 nitrogen and oxygen atoms in total. The minimum atomic E-state index is -0.0778. The van der Waals surface area contributed by atoms with Gasteiger partial charge in [-0.15, -0.1) is 0 Å². The number of benzene rings is 2. The highest BCUT2D eigenvalue weighted by atomic mass is 16.5. The molecule has 22 heavy (non-hydrogen) atoms. The summed E-state index contributed by atoms with van der Waals surface area (Å²) < 4.78 is 5.39. The molecule has 0 bridgehead atoms. The van der Waals surface area contributed by atoms with Gasteiger partial charge < -0.3 is 15.0 Å². The molecular formula is C18H20N2O2. The highest BCUT2D eigenvalue weighted by Gasteiger charge is 2.18. The van der Waals surface area contributed by atoms with Crippen LogP contribution < -0.4 is 10.2 Å². The molecule has 0 aromatic heterocycles. The Morgan fingerprint density at radius 3 is 2.45 bits per heavy atom. The molecule has 0 spiro atoms. The summed E-state index contributed by atoms with van der Waals surface area (Å²) in [5.74, 6) is -0.0778. The summed E-state index contributed by atoms with van der Waals surface area (Å²) in [4.78, 5) is 14.8. The van der Waals surface area contributed by atoms with Gasteiger partial charge in [-0.3, -0.25) is 4.79 Å². The Hall–Kier alpha value is -2.33. The van der Waals surface area contributed by atoms with Crippen LogP contribution in [-0.4, -0.2) is 32.2 Å². The van der Waals surface area contributed by atoms with Gasteiger partial charge in [0.05, 0.1) is 18.8 Å². The predicted molar refractivity (Wildman–Crippen MR) is 88.6 cm³/mol. The zero-order valence-electron chi connectivity index (χ0n) is 12.7. The number of carbonyl (C=O) groups excluding carboxylic acids is 1. The van der Waals surface area contributed by atoms with Crippen molar-refractivity contribution in [1.29, 1.82) is 0 Å². The normalized spacial score (nSPS) is 14.7. The van der Waals surface area contributed by atoms with Gasteiger partial charge in [0.2, 0.25) is 0 Å². The van der Waals surface area contributed by atoms with Gasteiger partial charge >= 0.3 is 0 Å². The first-order valence-electron chi connectivity index (χ1n) is 7.54. The van der Waals surface area contributed by atoms with E-state index in [9.17, 15) is 4.79 Å². The Labute approximate surface area is 130 Å². The Kier molecular flexibility index (Phi) is 4.39. The van der Waals surface area contributed by atoms with Crippen molar-refractivity contribution in [3.05, 3.63) is 59.7 Å². The van der Waals surface area contributed by atoms with E-state index in [0.717, 1.165) is 24.5 Å². The molecule has 1 N–H and O–H groups in total. The van der Waals surface area contributed by atoms with Crippen LogP contribution in [0.15, 0.2) is 48.5 Å². The lowest BCUT2D eigenvalue weighted by Crippen LogP contribution is -2.37. The van der Waals surface area contributed by atoms with Crippen LogP contribution >= 0.6 is 0 Å². The summed E-state index contributed by atoms with van der Waals surface area (Å²) in [5, 5.41) is 2.97. The first kappa shape index (κ1) is 14.6. The Balaban J connectivity index is 1.81. The quantitative estimate of drug-likeness (QED) is 0.946. The smallest absolute Gasteiger partial charge is 0.257 e. The van der Waals surface area contributed by atoms with Gasteiger partial charge in [-0.05, 0) is 31.2 Å². The summed E-state index contributed by atoms with van der Waals surface area (Å²) in [6, 6.07) is 15.5. The molecule has 0 atom stereocenters. The van der Waals surface area contributed by atoms with E-state index in [4.69, 9.17) is 4.74 Å². The van der Waals surface area contributed by atoms with Crippen LogP contribution in [0.1, 0.15) is 15.9 Å². The van der Waals surface area contributed by atoms with Gasteiger partial charge in [-0.1, -0.05) is 29.8 Å². The predicted octanol–water partition coefficient (Wildman–Crippen LogP) is 3.08. The second-order valence-corrected chi connectivity index (χ2v) is 5.44. The molecule has 0 aliphatic carbocycles. The molecule has 1 amide bonds. The summed E-state index contributed by atoms with van der Waals surface area (Å²) in [7, 11) is 0. The summed E-state index contributed by atoms with van der Waals surface area (Å²) >= 11 is 0. The number of carbonyl (C=O) groups is 1. The van der Waals surface area contributed by atoms with E-state index in [1.54, 1.807) is 0 Å². The second-order valence-electron chi connectivity index (χ2n) is 5.44. The molecule has 0 unspecified atom stereocenters. The minimum absolute atomic E-state index is 0.0778. The molecule has 2 aromatic carbocycles. The monoisotopic (exact) mass is 296 g/mol. The standard InChI is InChI=1S/C18H20N2O2/c1-14-6-8-15(9-7-14)19-18(21)16-4-2-3-5-17(16)20-10-12-22-13-11-20/h2-9H,10-13H2,1H3,(H,19,21). The SMILES string of the molecule is Cc1ccc(NC(=O)c2ccccc2N2CCOCC2)cc1. The molecule has 3 rings (SSSR count). The number of anilines is 2. The number of nitrogens with one attached hydrogen (secondary N) is 1. The fourth-order valence-corrected chi connectivity index (χ4v) is 2.58. The van der Waals surface area contributed by atoms with Gasteiger partial charge in [0.15, 0.2) is 0 Å². The van der Waals surface area contributed by atoms with Crippen molar-refractivity contribution in [3.63, 3.8) is 0 Å². The average molecular weight is 296 g/mol. The van der Waals surface area contributed by atoms with E-state index in [2.05, 4.69) is 10.2 Å². The van der Waals surface area contributed by atoms with Gasteiger partial charge in [-0.2, -0.15) is 0 Å². The van der Waals surface area contributed by atoms with E-state index in [0.29, 0.717) is 18.8 Å². The van der Waals surface area contributed by atoms with E-state index in [-0.39, 0.29) is 5.91 Å². The zero-order valence-corrected chi connectivity index (χ0v) is 12.7. The van der Waals surface area contributed by atoms with Crippen molar-refractivity contribution in [2.45, 2.75) is 6.92 Å².